The smallest absolute Gasteiger partial charge is 0.241 e. The first-order valence-electron chi connectivity index (χ1n) is 7.00. The highest BCUT2D eigenvalue weighted by molar-refractivity contribution is 9.10. The van der Waals surface area contributed by atoms with Crippen molar-refractivity contribution in [2.24, 2.45) is 0 Å². The minimum atomic E-state index is -0.178. The van der Waals surface area contributed by atoms with Gasteiger partial charge in [-0.15, -0.1) is 0 Å². The van der Waals surface area contributed by atoms with Gasteiger partial charge < -0.3 is 10.6 Å². The zero-order valence-electron chi connectivity index (χ0n) is 11.8. The van der Waals surface area contributed by atoms with Gasteiger partial charge in [0.2, 0.25) is 5.91 Å². The van der Waals surface area contributed by atoms with Crippen LogP contribution in [0.1, 0.15) is 16.7 Å². The van der Waals surface area contributed by atoms with Crippen LogP contribution in [-0.4, -0.2) is 11.9 Å². The fourth-order valence-corrected chi connectivity index (χ4v) is 3.10. The number of amides is 1. The van der Waals surface area contributed by atoms with Crippen LogP contribution >= 0.6 is 15.9 Å². The van der Waals surface area contributed by atoms with Crippen molar-refractivity contribution in [1.82, 2.24) is 5.32 Å². The lowest BCUT2D eigenvalue weighted by Crippen LogP contribution is -2.44. The number of anilines is 1. The van der Waals surface area contributed by atoms with Gasteiger partial charge in [0.1, 0.15) is 0 Å². The van der Waals surface area contributed by atoms with Gasteiger partial charge in [-0.05, 0) is 48.2 Å². The molecule has 3 rings (SSSR count). The van der Waals surface area contributed by atoms with E-state index in [9.17, 15) is 4.79 Å². The van der Waals surface area contributed by atoms with Crippen molar-refractivity contribution in [2.45, 2.75) is 25.9 Å². The summed E-state index contributed by atoms with van der Waals surface area (Å²) in [5.74, 6) is 0.0231. The van der Waals surface area contributed by atoms with Crippen LogP contribution in [0.4, 0.5) is 5.69 Å². The molecule has 2 aromatic carbocycles. The second-order valence-corrected chi connectivity index (χ2v) is 6.27. The van der Waals surface area contributed by atoms with E-state index in [1.165, 1.54) is 11.1 Å². The Morgan fingerprint density at radius 2 is 2.00 bits per heavy atom. The minimum absolute atomic E-state index is 0.0231. The first-order valence-corrected chi connectivity index (χ1v) is 7.80. The summed E-state index contributed by atoms with van der Waals surface area (Å²) in [6, 6.07) is 13.9. The van der Waals surface area contributed by atoms with Gasteiger partial charge in [-0.3, -0.25) is 4.79 Å². The second kappa shape index (κ2) is 6.00. The van der Waals surface area contributed by atoms with E-state index in [0.717, 1.165) is 28.7 Å². The molecule has 0 aromatic heterocycles. The summed E-state index contributed by atoms with van der Waals surface area (Å²) >= 11 is 3.43. The molecule has 3 nitrogen and oxygen atoms in total. The first-order chi connectivity index (χ1) is 10.1. The van der Waals surface area contributed by atoms with Crippen LogP contribution in [0.25, 0.3) is 0 Å². The molecule has 1 aliphatic rings. The average molecular weight is 345 g/mol. The van der Waals surface area contributed by atoms with Crippen molar-refractivity contribution >= 4 is 27.5 Å². The standard InChI is InChI=1S/C17H17BrN2O/c1-11-8-14(18)6-7-15(11)20-17(21)16-9-12-4-2-3-5-13(12)10-19-16/h2-8,16,19H,9-10H2,1H3,(H,20,21). The Labute approximate surface area is 132 Å². The van der Waals surface area contributed by atoms with Crippen molar-refractivity contribution in [3.05, 3.63) is 63.6 Å². The van der Waals surface area contributed by atoms with Crippen LogP contribution in [0.2, 0.25) is 0 Å². The molecule has 0 fully saturated rings. The van der Waals surface area contributed by atoms with E-state index >= 15 is 0 Å². The Morgan fingerprint density at radius 3 is 2.76 bits per heavy atom. The van der Waals surface area contributed by atoms with E-state index in [1.54, 1.807) is 0 Å². The monoisotopic (exact) mass is 344 g/mol. The fraction of sp³-hybridized carbons (Fsp3) is 0.235. The van der Waals surface area contributed by atoms with Gasteiger partial charge in [0.25, 0.3) is 0 Å². The molecule has 21 heavy (non-hydrogen) atoms. The lowest BCUT2D eigenvalue weighted by molar-refractivity contribution is -0.118. The molecule has 0 aliphatic carbocycles. The van der Waals surface area contributed by atoms with Crippen molar-refractivity contribution in [1.29, 1.82) is 0 Å². The Balaban J connectivity index is 1.72. The largest absolute Gasteiger partial charge is 0.324 e. The maximum absolute atomic E-state index is 12.4. The lowest BCUT2D eigenvalue weighted by atomic mass is 9.95. The third-order valence-electron chi connectivity index (χ3n) is 3.84. The first kappa shape index (κ1) is 14.3. The highest BCUT2D eigenvalue weighted by Gasteiger charge is 2.24. The summed E-state index contributed by atoms with van der Waals surface area (Å²) in [6.45, 7) is 2.73. The molecule has 0 saturated carbocycles. The number of hydrogen-bond donors (Lipinski definition) is 2. The van der Waals surface area contributed by atoms with Crippen molar-refractivity contribution in [2.75, 3.05) is 5.32 Å². The maximum atomic E-state index is 12.4. The summed E-state index contributed by atoms with van der Waals surface area (Å²) < 4.78 is 1.02. The molecular formula is C17H17BrN2O. The summed E-state index contributed by atoms with van der Waals surface area (Å²) in [5, 5.41) is 6.32. The van der Waals surface area contributed by atoms with Crippen LogP contribution in [-0.2, 0) is 17.8 Å². The summed E-state index contributed by atoms with van der Waals surface area (Å²) in [4.78, 5) is 12.4. The Morgan fingerprint density at radius 1 is 1.24 bits per heavy atom. The highest BCUT2D eigenvalue weighted by Crippen LogP contribution is 2.21. The number of aryl methyl sites for hydroxylation is 1. The molecule has 1 amide bonds. The molecule has 0 saturated heterocycles. The Kier molecular flexibility index (Phi) is 4.08. The van der Waals surface area contributed by atoms with E-state index in [4.69, 9.17) is 0 Å². The topological polar surface area (TPSA) is 41.1 Å². The number of fused-ring (bicyclic) bond motifs is 1. The van der Waals surface area contributed by atoms with Crippen LogP contribution in [0, 0.1) is 6.92 Å². The number of rotatable bonds is 2. The predicted molar refractivity (Wildman–Crippen MR) is 88.3 cm³/mol. The van der Waals surface area contributed by atoms with Crippen molar-refractivity contribution < 1.29 is 4.79 Å². The van der Waals surface area contributed by atoms with Crippen LogP contribution in [0.15, 0.2) is 46.9 Å². The third-order valence-corrected chi connectivity index (χ3v) is 4.34. The fourth-order valence-electron chi connectivity index (χ4n) is 2.63. The quantitative estimate of drug-likeness (QED) is 0.876. The van der Waals surface area contributed by atoms with Gasteiger partial charge in [0, 0.05) is 16.7 Å². The molecule has 0 radical (unpaired) electrons. The molecule has 0 bridgehead atoms. The molecule has 1 aliphatic heterocycles. The molecule has 1 heterocycles. The number of halogens is 1. The minimum Gasteiger partial charge on any atom is -0.324 e. The number of benzene rings is 2. The molecule has 1 unspecified atom stereocenters. The van der Waals surface area contributed by atoms with E-state index in [-0.39, 0.29) is 11.9 Å². The Bertz CT molecular complexity index is 684. The summed E-state index contributed by atoms with van der Waals surface area (Å²) in [5.41, 5.74) is 4.45. The van der Waals surface area contributed by atoms with Gasteiger partial charge in [-0.25, -0.2) is 0 Å². The van der Waals surface area contributed by atoms with Gasteiger partial charge in [0.05, 0.1) is 6.04 Å². The molecule has 4 heteroatoms. The second-order valence-electron chi connectivity index (χ2n) is 5.35. The molecule has 1 atom stereocenters. The summed E-state index contributed by atoms with van der Waals surface area (Å²) in [6.07, 6.45) is 0.734. The highest BCUT2D eigenvalue weighted by atomic mass is 79.9. The molecule has 0 spiro atoms. The normalized spacial score (nSPS) is 17.1. The van der Waals surface area contributed by atoms with Gasteiger partial charge >= 0.3 is 0 Å². The van der Waals surface area contributed by atoms with E-state index < -0.39 is 0 Å². The maximum Gasteiger partial charge on any atom is 0.241 e. The van der Waals surface area contributed by atoms with E-state index in [2.05, 4.69) is 38.7 Å². The SMILES string of the molecule is Cc1cc(Br)ccc1NC(=O)C1Cc2ccccc2CN1. The van der Waals surface area contributed by atoms with Gasteiger partial charge in [-0.2, -0.15) is 0 Å². The van der Waals surface area contributed by atoms with E-state index in [0.29, 0.717) is 0 Å². The average Bonchev–Trinajstić information content (AvgIpc) is 2.49. The predicted octanol–water partition coefficient (Wildman–Crippen LogP) is 3.41. The molecule has 2 N–H and O–H groups in total. The lowest BCUT2D eigenvalue weighted by Gasteiger charge is -2.25. The zero-order chi connectivity index (χ0) is 14.8. The Hall–Kier alpha value is -1.65. The number of carbonyl (C=O) groups excluding carboxylic acids is 1. The van der Waals surface area contributed by atoms with Crippen LogP contribution in [0.5, 0.6) is 0 Å². The van der Waals surface area contributed by atoms with Crippen molar-refractivity contribution in [3.8, 4) is 0 Å². The molecule has 108 valence electrons. The van der Waals surface area contributed by atoms with Gasteiger partial charge in [-0.1, -0.05) is 40.2 Å². The third kappa shape index (κ3) is 3.17. The molecule has 2 aromatic rings. The number of nitrogens with one attached hydrogen (secondary N) is 2. The number of hydrogen-bond acceptors (Lipinski definition) is 2. The zero-order valence-corrected chi connectivity index (χ0v) is 13.4. The van der Waals surface area contributed by atoms with E-state index in [1.807, 2.05) is 37.3 Å². The van der Waals surface area contributed by atoms with Crippen molar-refractivity contribution in [3.63, 3.8) is 0 Å². The van der Waals surface area contributed by atoms with Crippen LogP contribution < -0.4 is 10.6 Å². The molecular weight excluding hydrogens is 328 g/mol. The number of carbonyl (C=O) groups is 1. The van der Waals surface area contributed by atoms with Gasteiger partial charge in [0.15, 0.2) is 0 Å². The summed E-state index contributed by atoms with van der Waals surface area (Å²) in [7, 11) is 0. The van der Waals surface area contributed by atoms with Crippen LogP contribution in [0.3, 0.4) is 0 Å².